The van der Waals surface area contributed by atoms with Crippen LogP contribution in [0.25, 0.3) is 166 Å². The van der Waals surface area contributed by atoms with Crippen molar-refractivity contribution < 1.29 is 4.42 Å². The first-order valence-corrected chi connectivity index (χ1v) is 43.6. The largest absolute Gasteiger partial charge is 0.456 e. The van der Waals surface area contributed by atoms with Gasteiger partial charge in [0.25, 0.3) is 0 Å². The quantitative estimate of drug-likeness (QED) is 0.125. The summed E-state index contributed by atoms with van der Waals surface area (Å²) in [7, 11) is 0. The number of hydrogen-bond donors (Lipinski definition) is 0. The fraction of sp³-hybridized carbons (Fsp3) is 0.0172. The average Bonchev–Trinajstić information content (AvgIpc) is 1.50. The molecule has 0 radical (unpaired) electrons. The van der Waals surface area contributed by atoms with Gasteiger partial charge < -0.3 is 14.2 Å². The zero-order chi connectivity index (χ0) is 82.7. The smallest absolute Gasteiger partial charge is 0.164 e. The number of benzene rings is 18. The zero-order valence-corrected chi connectivity index (χ0v) is 68.6. The fourth-order valence-corrected chi connectivity index (χ4v) is 22.0. The van der Waals surface area contributed by atoms with Crippen molar-refractivity contribution in [1.29, 1.82) is 0 Å². The summed E-state index contributed by atoms with van der Waals surface area (Å²) < 4.78 is 9.36. The molecule has 10 heteroatoms. The Morgan fingerprint density at radius 1 is 0.198 bits per heavy atom. The van der Waals surface area contributed by atoms with Crippen LogP contribution < -0.4 is 9.80 Å². The molecular formula is C116H70N8OS. The van der Waals surface area contributed by atoms with Crippen molar-refractivity contribution in [2.75, 3.05) is 9.80 Å². The topological polar surface area (TPSA) is 97.0 Å². The van der Waals surface area contributed by atoms with Gasteiger partial charge in [-0.05, 0) is 191 Å². The van der Waals surface area contributed by atoms with E-state index in [2.05, 4.69) is 398 Å². The van der Waals surface area contributed by atoms with E-state index < -0.39 is 10.8 Å². The molecule has 22 aromatic rings. The summed E-state index contributed by atoms with van der Waals surface area (Å²) in [4.78, 5) is 36.1. The molecule has 0 fully saturated rings. The average molecular weight is 1620 g/mol. The molecule has 18 aromatic carbocycles. The van der Waals surface area contributed by atoms with E-state index in [1.807, 2.05) is 36.4 Å². The predicted molar refractivity (Wildman–Crippen MR) is 513 cm³/mol. The van der Waals surface area contributed by atoms with Gasteiger partial charge in [-0.3, -0.25) is 0 Å². The molecule has 0 atom stereocenters. The van der Waals surface area contributed by atoms with Crippen molar-refractivity contribution in [3.8, 4) is 124 Å². The summed E-state index contributed by atoms with van der Waals surface area (Å²) in [5, 5.41) is 4.54. The molecule has 0 unspecified atom stereocenters. The molecular weight excluding hydrogens is 1550 g/mol. The van der Waals surface area contributed by atoms with Gasteiger partial charge in [0.05, 0.1) is 33.6 Å². The lowest BCUT2D eigenvalue weighted by Crippen LogP contribution is -2.36. The Hall–Kier alpha value is -16.4. The maximum atomic E-state index is 6.90. The molecule has 0 bridgehead atoms. The van der Waals surface area contributed by atoms with Crippen LogP contribution in [0.2, 0.25) is 0 Å². The number of aromatic nitrogens is 6. The number of nitrogens with zero attached hydrogens (tertiary/aromatic N) is 8. The Labute approximate surface area is 730 Å². The molecule has 2 spiro atoms. The van der Waals surface area contributed by atoms with Crippen LogP contribution in [0.3, 0.4) is 0 Å². The minimum Gasteiger partial charge on any atom is -0.456 e. The monoisotopic (exact) mass is 1620 g/mol. The number of thiophene rings is 1. The van der Waals surface area contributed by atoms with E-state index in [0.29, 0.717) is 34.9 Å². The molecule has 4 aliphatic rings. The highest BCUT2D eigenvalue weighted by Gasteiger charge is 2.54. The molecule has 4 aromatic heterocycles. The van der Waals surface area contributed by atoms with Crippen molar-refractivity contribution in [3.05, 3.63) is 469 Å². The first kappa shape index (κ1) is 71.3. The summed E-state index contributed by atoms with van der Waals surface area (Å²) in [6.07, 6.45) is 0. The number of rotatable bonds is 11. The second-order valence-electron chi connectivity index (χ2n) is 33.0. The van der Waals surface area contributed by atoms with Gasteiger partial charge in [0.2, 0.25) is 0 Å². The van der Waals surface area contributed by atoms with E-state index >= 15 is 0 Å². The number of para-hydroxylation sites is 5. The van der Waals surface area contributed by atoms with Crippen molar-refractivity contribution in [3.63, 3.8) is 0 Å². The third-order valence-corrected chi connectivity index (χ3v) is 27.6. The van der Waals surface area contributed by atoms with E-state index in [0.717, 1.165) is 111 Å². The van der Waals surface area contributed by atoms with Crippen LogP contribution in [0.5, 0.6) is 0 Å². The summed E-state index contributed by atoms with van der Waals surface area (Å²) in [6, 6.07) is 154. The predicted octanol–water partition coefficient (Wildman–Crippen LogP) is 29.6. The third-order valence-electron chi connectivity index (χ3n) is 26.4. The van der Waals surface area contributed by atoms with Crippen LogP contribution in [-0.4, -0.2) is 29.9 Å². The van der Waals surface area contributed by atoms with Crippen LogP contribution in [0.15, 0.2) is 429 Å². The van der Waals surface area contributed by atoms with E-state index in [9.17, 15) is 0 Å². The Kier molecular flexibility index (Phi) is 15.9. The highest BCUT2D eigenvalue weighted by molar-refractivity contribution is 7.25. The third kappa shape index (κ3) is 10.8. The van der Waals surface area contributed by atoms with Crippen molar-refractivity contribution in [2.24, 2.45) is 0 Å². The van der Waals surface area contributed by atoms with Crippen LogP contribution in [0, 0.1) is 0 Å². The Bertz CT molecular complexity index is 8130. The van der Waals surface area contributed by atoms with Crippen LogP contribution in [0.1, 0.15) is 44.5 Å². The van der Waals surface area contributed by atoms with Gasteiger partial charge >= 0.3 is 0 Å². The molecule has 26 rings (SSSR count). The fourth-order valence-electron chi connectivity index (χ4n) is 20.9. The summed E-state index contributed by atoms with van der Waals surface area (Å²) in [5.74, 6) is 3.61. The van der Waals surface area contributed by atoms with Crippen LogP contribution in [-0.2, 0) is 10.8 Å². The molecule has 586 valence electrons. The summed E-state index contributed by atoms with van der Waals surface area (Å²) in [5.41, 5.74) is 34.1. The first-order chi connectivity index (χ1) is 62.4. The molecule has 0 N–H and O–H groups in total. The summed E-state index contributed by atoms with van der Waals surface area (Å²) >= 11 is 1.80. The molecule has 0 saturated heterocycles. The number of fused-ring (bicyclic) bond motifs is 24. The van der Waals surface area contributed by atoms with Crippen molar-refractivity contribution >= 4 is 87.6 Å². The number of hydrogen-bond acceptors (Lipinski definition) is 10. The Morgan fingerprint density at radius 3 is 1.10 bits per heavy atom. The lowest BCUT2D eigenvalue weighted by atomic mass is 9.64. The zero-order valence-electron chi connectivity index (χ0n) is 67.8. The normalized spacial score (nSPS) is 13.3. The maximum Gasteiger partial charge on any atom is 0.164 e. The number of furan rings is 1. The molecule has 6 heterocycles. The number of anilines is 6. The van der Waals surface area contributed by atoms with Gasteiger partial charge in [0.15, 0.2) is 34.9 Å². The van der Waals surface area contributed by atoms with Gasteiger partial charge in [-0.25, -0.2) is 29.9 Å². The standard InChI is InChI=1S/C116H70N8OS/c1-4-25-74(26-5-1)109-117-111(76-51-47-71(48-52-76)78-60-66-94-91(67-78)85-31-10-13-35-92(85)115(94)95-37-15-19-42-100(95)123(82-29-8-3-9-30-82)101-43-20-16-38-96(101)115)121-113(119-109)80-58-64-87-86-63-57-79(68-104(86)125-105(87)69-80)72-55-61-83(62-56-72)124-102-44-21-17-39-97(102)116(98-40-18-22-45-103(98)124)93-36-14-11-33-90(93)108-84(34-24-41-99(108)116)73-49-53-77(54-50-73)112-118-110(75-27-6-2-7-28-75)120-114(122-112)81-59-65-89-88-32-12-23-46-106(88)126-107(89)70-81/h1-70H. The molecule has 2 aliphatic heterocycles. The Morgan fingerprint density at radius 2 is 0.540 bits per heavy atom. The van der Waals surface area contributed by atoms with Crippen LogP contribution in [0.4, 0.5) is 34.1 Å². The minimum atomic E-state index is -0.645. The second kappa shape index (κ2) is 28.1. The van der Waals surface area contributed by atoms with E-state index in [4.69, 9.17) is 34.3 Å². The molecule has 2 aliphatic carbocycles. The van der Waals surface area contributed by atoms with Gasteiger partial charge in [0.1, 0.15) is 11.2 Å². The second-order valence-corrected chi connectivity index (χ2v) is 34.1. The molecule has 0 amide bonds. The van der Waals surface area contributed by atoms with Gasteiger partial charge in [0, 0.05) is 75.7 Å². The van der Waals surface area contributed by atoms with E-state index in [1.54, 1.807) is 11.3 Å². The first-order valence-electron chi connectivity index (χ1n) is 42.8. The highest BCUT2D eigenvalue weighted by Crippen LogP contribution is 2.67. The van der Waals surface area contributed by atoms with Gasteiger partial charge in [-0.2, -0.15) is 0 Å². The molecule has 126 heavy (non-hydrogen) atoms. The van der Waals surface area contributed by atoms with E-state index in [-0.39, 0.29) is 0 Å². The van der Waals surface area contributed by atoms with Gasteiger partial charge in [-0.15, -0.1) is 11.3 Å². The van der Waals surface area contributed by atoms with Crippen molar-refractivity contribution in [2.45, 2.75) is 10.8 Å². The minimum absolute atomic E-state index is 0.535. The Balaban J connectivity index is 0.502. The van der Waals surface area contributed by atoms with Crippen LogP contribution >= 0.6 is 11.3 Å². The molecule has 9 nitrogen and oxygen atoms in total. The summed E-state index contributed by atoms with van der Waals surface area (Å²) in [6.45, 7) is 0. The SMILES string of the molecule is c1ccc(-c2nc(-c3ccc(-c4ccc5c(c4)-c4ccccc4C54c5ccccc5N(c5ccccc5)c5ccccc54)cc3)nc(-c3ccc4c(c3)oc3cc(-c5ccc(N6c7ccccc7C7(c8ccccc8-c8c(-c9ccc(-c%10nc(-c%11ccccc%11)nc(-c%11ccc%12c(c%11)sc%11ccccc%11%12)n%10)cc9)cccc87)c7ccccc76)cc5)ccc34)n2)cc1. The lowest BCUT2D eigenvalue weighted by molar-refractivity contribution is 0.669. The maximum absolute atomic E-state index is 6.90. The van der Waals surface area contributed by atoms with Gasteiger partial charge in [-0.1, -0.05) is 334 Å². The van der Waals surface area contributed by atoms with Crippen molar-refractivity contribution in [1.82, 2.24) is 29.9 Å². The highest BCUT2D eigenvalue weighted by atomic mass is 32.1. The lowest BCUT2D eigenvalue weighted by Gasteiger charge is -2.45. The van der Waals surface area contributed by atoms with E-state index in [1.165, 1.54) is 98.3 Å². The molecule has 0 saturated carbocycles.